The van der Waals surface area contributed by atoms with Gasteiger partial charge in [0.25, 0.3) is 0 Å². The third kappa shape index (κ3) is 9.15. The van der Waals surface area contributed by atoms with Gasteiger partial charge in [0.15, 0.2) is 5.69 Å². The van der Waals surface area contributed by atoms with Crippen LogP contribution < -0.4 is 0 Å². The number of aromatic nitrogens is 4. The maximum absolute atomic E-state index is 13.8. The summed E-state index contributed by atoms with van der Waals surface area (Å²) in [5.74, 6) is -0.665. The predicted octanol–water partition coefficient (Wildman–Crippen LogP) is 6.85. The number of esters is 1. The highest BCUT2D eigenvalue weighted by Gasteiger charge is 2.34. The van der Waals surface area contributed by atoms with Crippen molar-refractivity contribution in [1.29, 1.82) is 5.26 Å². The zero-order valence-corrected chi connectivity index (χ0v) is 23.9. The van der Waals surface area contributed by atoms with E-state index in [0.717, 1.165) is 35.1 Å². The molecular formula is C29H25F6N5O5. The molecule has 16 heteroatoms. The van der Waals surface area contributed by atoms with Gasteiger partial charge in [0, 0.05) is 5.56 Å². The third-order valence-electron chi connectivity index (χ3n) is 5.83. The number of alkyl halides is 6. The molecule has 0 saturated heterocycles. The number of benzene rings is 1. The summed E-state index contributed by atoms with van der Waals surface area (Å²) >= 11 is 0. The lowest BCUT2D eigenvalue weighted by atomic mass is 9.95. The molecule has 0 bridgehead atoms. The fourth-order valence-corrected chi connectivity index (χ4v) is 3.54. The maximum atomic E-state index is 13.8. The van der Waals surface area contributed by atoms with E-state index in [1.807, 2.05) is 0 Å². The summed E-state index contributed by atoms with van der Waals surface area (Å²) in [5.41, 5.74) is -4.75. The van der Waals surface area contributed by atoms with Gasteiger partial charge < -0.3 is 14.2 Å². The Kier molecular flexibility index (Phi) is 10.4. The number of nitriles is 1. The van der Waals surface area contributed by atoms with E-state index in [9.17, 15) is 41.2 Å². The van der Waals surface area contributed by atoms with Crippen molar-refractivity contribution in [2.45, 2.75) is 39.4 Å². The molecular weight excluding hydrogens is 612 g/mol. The molecule has 0 saturated carbocycles. The Morgan fingerprint density at radius 1 is 1.04 bits per heavy atom. The van der Waals surface area contributed by atoms with Crippen LogP contribution in [-0.2, 0) is 31.4 Å². The molecule has 0 aliphatic rings. The molecule has 2 aromatic heterocycles. The highest BCUT2D eigenvalue weighted by molar-refractivity contribution is 5.76. The van der Waals surface area contributed by atoms with E-state index >= 15 is 0 Å². The molecule has 0 fully saturated rings. The summed E-state index contributed by atoms with van der Waals surface area (Å²) in [6.45, 7) is 7.17. The van der Waals surface area contributed by atoms with E-state index in [4.69, 9.17) is 14.2 Å². The monoisotopic (exact) mass is 637 g/mol. The van der Waals surface area contributed by atoms with Crippen molar-refractivity contribution < 1.29 is 50.1 Å². The fraction of sp³-hybridized carbons (Fsp3) is 0.310. The molecule has 3 aromatic rings. The van der Waals surface area contributed by atoms with E-state index in [1.54, 1.807) is 6.07 Å². The molecule has 0 amide bonds. The lowest BCUT2D eigenvalue weighted by Crippen LogP contribution is -2.33. The Morgan fingerprint density at radius 3 is 2.38 bits per heavy atom. The van der Waals surface area contributed by atoms with Crippen LogP contribution in [0.3, 0.4) is 0 Å². The zero-order chi connectivity index (χ0) is 33.6. The first-order chi connectivity index (χ1) is 20.9. The van der Waals surface area contributed by atoms with Crippen molar-refractivity contribution in [1.82, 2.24) is 20.0 Å². The van der Waals surface area contributed by atoms with Crippen molar-refractivity contribution in [3.05, 3.63) is 77.3 Å². The molecule has 0 spiro atoms. The third-order valence-corrected chi connectivity index (χ3v) is 5.83. The van der Waals surface area contributed by atoms with Crippen LogP contribution in [0, 0.1) is 16.7 Å². The Hall–Kier alpha value is -5.20. The van der Waals surface area contributed by atoms with Gasteiger partial charge in [0.05, 0.1) is 16.7 Å². The number of ether oxygens (including phenoxy) is 3. The summed E-state index contributed by atoms with van der Waals surface area (Å²) < 4.78 is 95.3. The molecule has 0 aliphatic carbocycles. The topological polar surface area (TPSA) is 129 Å². The average molecular weight is 638 g/mol. The quantitative estimate of drug-likeness (QED) is 0.133. The maximum Gasteiger partial charge on any atom is 0.510 e. The smallest absolute Gasteiger partial charge is 0.461 e. The molecule has 1 aromatic carbocycles. The Bertz CT molecular complexity index is 1640. The first-order valence-electron chi connectivity index (χ1n) is 12.9. The second-order valence-corrected chi connectivity index (χ2v) is 9.98. The summed E-state index contributed by atoms with van der Waals surface area (Å²) in [6, 6.07) is 7.47. The molecule has 238 valence electrons. The van der Waals surface area contributed by atoms with Gasteiger partial charge in [-0.25, -0.2) is 9.78 Å². The molecule has 3 rings (SSSR count). The molecule has 10 nitrogen and oxygen atoms in total. The second-order valence-electron chi connectivity index (χ2n) is 9.98. The first-order valence-corrected chi connectivity index (χ1v) is 12.9. The minimum atomic E-state index is -4.85. The van der Waals surface area contributed by atoms with Crippen molar-refractivity contribution in [2.75, 3.05) is 13.2 Å². The van der Waals surface area contributed by atoms with E-state index in [-0.39, 0.29) is 29.1 Å². The molecule has 1 atom stereocenters. The Balaban J connectivity index is 1.87. The number of nitrogens with zero attached hydrogens (tertiary/aromatic N) is 5. The number of rotatable bonds is 10. The van der Waals surface area contributed by atoms with Crippen molar-refractivity contribution in [2.24, 2.45) is 5.41 Å². The lowest BCUT2D eigenvalue weighted by Gasteiger charge is -2.22. The Labute approximate surface area is 252 Å². The second kappa shape index (κ2) is 13.6. The van der Waals surface area contributed by atoms with Crippen LogP contribution in [0.1, 0.15) is 55.2 Å². The van der Waals surface area contributed by atoms with Gasteiger partial charge in [-0.05, 0) is 62.7 Å². The van der Waals surface area contributed by atoms with Crippen LogP contribution >= 0.6 is 0 Å². The van der Waals surface area contributed by atoms with Crippen LogP contribution in [-0.4, -0.2) is 45.3 Å². The van der Waals surface area contributed by atoms with Crippen LogP contribution in [0.2, 0.25) is 0 Å². The van der Waals surface area contributed by atoms with Crippen LogP contribution in [0.25, 0.3) is 23.4 Å². The standard InChI is InChI=1S/C29H25F6N5O5/c1-5-11-43-25(41)27(3,4)16-44-26(42)45-17(2)40-38-22(15-36)24(39-40)19-12-18(13-20(14-19)28(30,31)32)9-10-21-7-6-8-23(37-21)29(33,34)35/h5-10,12-14,17H,1,11,16H2,2-4H3/b10-9+. The van der Waals surface area contributed by atoms with E-state index in [2.05, 4.69) is 21.8 Å². The van der Waals surface area contributed by atoms with Crippen LogP contribution in [0.5, 0.6) is 0 Å². The van der Waals surface area contributed by atoms with Gasteiger partial charge in [0.2, 0.25) is 6.23 Å². The normalized spacial score (nSPS) is 12.8. The number of halogens is 6. The molecule has 0 aliphatic heterocycles. The summed E-state index contributed by atoms with van der Waals surface area (Å²) in [5, 5.41) is 17.5. The van der Waals surface area contributed by atoms with Crippen molar-refractivity contribution in [3.63, 3.8) is 0 Å². The molecule has 2 heterocycles. The van der Waals surface area contributed by atoms with Gasteiger partial charge in [-0.1, -0.05) is 24.8 Å². The van der Waals surface area contributed by atoms with Gasteiger partial charge >= 0.3 is 24.5 Å². The molecule has 0 radical (unpaired) electrons. The average Bonchev–Trinajstić information content (AvgIpc) is 3.42. The largest absolute Gasteiger partial charge is 0.510 e. The summed E-state index contributed by atoms with van der Waals surface area (Å²) in [6.07, 6.45) is -8.54. The summed E-state index contributed by atoms with van der Waals surface area (Å²) in [7, 11) is 0. The Morgan fingerprint density at radius 2 is 1.76 bits per heavy atom. The molecule has 1 unspecified atom stereocenters. The van der Waals surface area contributed by atoms with Gasteiger partial charge in [0.1, 0.15) is 30.7 Å². The van der Waals surface area contributed by atoms with Gasteiger partial charge in [-0.15, -0.1) is 15.0 Å². The molecule has 45 heavy (non-hydrogen) atoms. The van der Waals surface area contributed by atoms with Crippen LogP contribution in [0.15, 0.2) is 49.1 Å². The van der Waals surface area contributed by atoms with E-state index in [0.29, 0.717) is 6.07 Å². The highest BCUT2D eigenvalue weighted by Crippen LogP contribution is 2.34. The van der Waals surface area contributed by atoms with Crippen LogP contribution in [0.4, 0.5) is 31.1 Å². The number of hydrogen-bond acceptors (Lipinski definition) is 9. The highest BCUT2D eigenvalue weighted by atomic mass is 19.4. The summed E-state index contributed by atoms with van der Waals surface area (Å²) in [4.78, 5) is 28.6. The zero-order valence-electron chi connectivity index (χ0n) is 23.9. The van der Waals surface area contributed by atoms with E-state index < -0.39 is 59.7 Å². The van der Waals surface area contributed by atoms with Gasteiger partial charge in [-0.2, -0.15) is 31.6 Å². The van der Waals surface area contributed by atoms with E-state index in [1.165, 1.54) is 39.0 Å². The minimum Gasteiger partial charge on any atom is -0.461 e. The number of pyridine rings is 1. The number of hydrogen-bond donors (Lipinski definition) is 0. The fourth-order valence-electron chi connectivity index (χ4n) is 3.54. The SMILES string of the molecule is C=CCOC(=O)C(C)(C)COC(=O)OC(C)n1nc(C#N)c(-c2cc(/C=C/c3cccc(C(F)(F)F)n3)cc(C(F)(F)F)c2)n1. The minimum absolute atomic E-state index is 0.0467. The number of carbonyl (C=O) groups excluding carboxylic acids is 2. The van der Waals surface area contributed by atoms with Crippen molar-refractivity contribution >= 4 is 24.3 Å². The lowest BCUT2D eigenvalue weighted by molar-refractivity contribution is -0.155. The molecule has 0 N–H and O–H groups in total. The predicted molar refractivity (Wildman–Crippen MR) is 145 cm³/mol. The van der Waals surface area contributed by atoms with Crippen molar-refractivity contribution in [3.8, 4) is 17.3 Å². The first kappa shape index (κ1) is 34.3. The van der Waals surface area contributed by atoms with Gasteiger partial charge in [-0.3, -0.25) is 4.79 Å². The number of carbonyl (C=O) groups is 2.